The fourth-order valence-corrected chi connectivity index (χ4v) is 2.76. The average molecular weight is 350 g/mol. The summed E-state index contributed by atoms with van der Waals surface area (Å²) in [7, 11) is 0. The Morgan fingerprint density at radius 1 is 1.19 bits per heavy atom. The van der Waals surface area contributed by atoms with Crippen molar-refractivity contribution in [2.24, 2.45) is 4.99 Å². The average Bonchev–Trinajstić information content (AvgIpc) is 2.93. The number of rotatable bonds is 4. The van der Waals surface area contributed by atoms with E-state index in [1.807, 2.05) is 0 Å². The van der Waals surface area contributed by atoms with Crippen molar-refractivity contribution >= 4 is 34.7 Å². The summed E-state index contributed by atoms with van der Waals surface area (Å²) in [5.41, 5.74) is 1.80. The predicted octanol–water partition coefficient (Wildman–Crippen LogP) is 3.93. The number of hydrogen-bond acceptors (Lipinski definition) is 5. The number of esters is 1. The third-order valence-electron chi connectivity index (χ3n) is 3.89. The lowest BCUT2D eigenvalue weighted by Gasteiger charge is -2.03. The van der Waals surface area contributed by atoms with Crippen molar-refractivity contribution in [3.05, 3.63) is 59.8 Å². The molecule has 0 unspecified atom stereocenters. The van der Waals surface area contributed by atoms with Gasteiger partial charge in [-0.15, -0.1) is 0 Å². The minimum atomic E-state index is -0.426. The molecule has 1 heterocycles. The van der Waals surface area contributed by atoms with Gasteiger partial charge in [-0.25, -0.2) is 4.79 Å². The standard InChI is InChI=1S/C20H18N2O4/c1-3-26-20(25)14-7-6-8-15(11-14)21-12-18-19(24)16-9-4-5-10-17(16)22(18)13(2)23/h4-12,24H,3H2,1-2H3. The molecule has 0 fully saturated rings. The molecule has 0 saturated carbocycles. The van der Waals surface area contributed by atoms with Gasteiger partial charge in [0.15, 0.2) is 5.75 Å². The molecule has 0 aliphatic heterocycles. The zero-order valence-corrected chi connectivity index (χ0v) is 14.5. The Morgan fingerprint density at radius 2 is 1.96 bits per heavy atom. The maximum atomic E-state index is 12.0. The summed E-state index contributed by atoms with van der Waals surface area (Å²) in [6.07, 6.45) is 1.42. The van der Waals surface area contributed by atoms with Gasteiger partial charge in [0.1, 0.15) is 5.69 Å². The van der Waals surface area contributed by atoms with E-state index in [0.717, 1.165) is 0 Å². The van der Waals surface area contributed by atoms with Crippen LogP contribution < -0.4 is 0 Å². The summed E-state index contributed by atoms with van der Waals surface area (Å²) < 4.78 is 6.38. The van der Waals surface area contributed by atoms with Crippen molar-refractivity contribution in [2.75, 3.05) is 6.61 Å². The van der Waals surface area contributed by atoms with E-state index >= 15 is 0 Å². The van der Waals surface area contributed by atoms with Crippen molar-refractivity contribution < 1.29 is 19.4 Å². The van der Waals surface area contributed by atoms with Gasteiger partial charge in [-0.2, -0.15) is 0 Å². The highest BCUT2D eigenvalue weighted by molar-refractivity contribution is 6.04. The molecule has 0 spiro atoms. The number of para-hydroxylation sites is 1. The van der Waals surface area contributed by atoms with Crippen LogP contribution in [0, 0.1) is 0 Å². The van der Waals surface area contributed by atoms with Crippen LogP contribution in [0.15, 0.2) is 53.5 Å². The molecule has 0 atom stereocenters. The number of nitrogens with zero attached hydrogens (tertiary/aromatic N) is 2. The van der Waals surface area contributed by atoms with Crippen molar-refractivity contribution in [1.29, 1.82) is 0 Å². The second kappa shape index (κ2) is 7.23. The van der Waals surface area contributed by atoms with Crippen LogP contribution in [0.3, 0.4) is 0 Å². The number of aliphatic imine (C=N–C) groups is 1. The Morgan fingerprint density at radius 3 is 2.69 bits per heavy atom. The van der Waals surface area contributed by atoms with Crippen molar-refractivity contribution in [1.82, 2.24) is 4.57 Å². The van der Waals surface area contributed by atoms with Crippen molar-refractivity contribution in [2.45, 2.75) is 13.8 Å². The number of carbonyl (C=O) groups is 2. The van der Waals surface area contributed by atoms with Gasteiger partial charge in [0.2, 0.25) is 5.91 Å². The second-order valence-electron chi connectivity index (χ2n) is 5.63. The first-order valence-corrected chi connectivity index (χ1v) is 8.17. The van der Waals surface area contributed by atoms with Crippen LogP contribution in [0.4, 0.5) is 5.69 Å². The number of benzene rings is 2. The molecule has 1 aromatic heterocycles. The van der Waals surface area contributed by atoms with E-state index in [2.05, 4.69) is 4.99 Å². The third-order valence-corrected chi connectivity index (χ3v) is 3.89. The number of carbonyl (C=O) groups excluding carboxylic acids is 2. The molecular weight excluding hydrogens is 332 g/mol. The number of fused-ring (bicyclic) bond motifs is 1. The number of aromatic hydroxyl groups is 1. The third kappa shape index (κ3) is 3.21. The Balaban J connectivity index is 2.03. The van der Waals surface area contributed by atoms with E-state index in [9.17, 15) is 14.7 Å². The highest BCUT2D eigenvalue weighted by Gasteiger charge is 2.17. The monoisotopic (exact) mass is 350 g/mol. The Kier molecular flexibility index (Phi) is 4.84. The quantitative estimate of drug-likeness (QED) is 0.571. The smallest absolute Gasteiger partial charge is 0.338 e. The minimum absolute atomic E-state index is 0.0129. The van der Waals surface area contributed by atoms with Crippen LogP contribution >= 0.6 is 0 Å². The SMILES string of the molecule is CCOC(=O)c1cccc(N=Cc2c(O)c3ccccc3n2C(C)=O)c1. The van der Waals surface area contributed by atoms with Gasteiger partial charge in [0.25, 0.3) is 0 Å². The molecule has 0 bridgehead atoms. The molecule has 6 heteroatoms. The highest BCUT2D eigenvalue weighted by atomic mass is 16.5. The lowest BCUT2D eigenvalue weighted by atomic mass is 10.2. The summed E-state index contributed by atoms with van der Waals surface area (Å²) >= 11 is 0. The first-order valence-electron chi connectivity index (χ1n) is 8.17. The van der Waals surface area contributed by atoms with E-state index < -0.39 is 5.97 Å². The van der Waals surface area contributed by atoms with Crippen molar-refractivity contribution in [3.8, 4) is 5.75 Å². The second-order valence-corrected chi connectivity index (χ2v) is 5.63. The molecule has 26 heavy (non-hydrogen) atoms. The van der Waals surface area contributed by atoms with Gasteiger partial charge < -0.3 is 9.84 Å². The molecular formula is C20H18N2O4. The molecule has 2 aromatic carbocycles. The fraction of sp³-hybridized carbons (Fsp3) is 0.150. The summed E-state index contributed by atoms with van der Waals surface area (Å²) in [5, 5.41) is 11.0. The van der Waals surface area contributed by atoms with E-state index in [4.69, 9.17) is 4.74 Å². The molecule has 0 saturated heterocycles. The molecule has 0 radical (unpaired) electrons. The molecule has 3 aromatic rings. The maximum absolute atomic E-state index is 12.0. The Bertz CT molecular complexity index is 1020. The normalized spacial score (nSPS) is 11.2. The van der Waals surface area contributed by atoms with Crippen LogP contribution in [0.5, 0.6) is 5.75 Å². The van der Waals surface area contributed by atoms with Crippen LogP contribution in [-0.4, -0.2) is 34.4 Å². The van der Waals surface area contributed by atoms with Crippen LogP contribution in [0.1, 0.15) is 34.7 Å². The zero-order chi connectivity index (χ0) is 18.7. The lowest BCUT2D eigenvalue weighted by Crippen LogP contribution is -2.09. The largest absolute Gasteiger partial charge is 0.505 e. The van der Waals surface area contributed by atoms with Crippen LogP contribution in [-0.2, 0) is 4.74 Å². The van der Waals surface area contributed by atoms with Gasteiger partial charge in [0, 0.05) is 12.3 Å². The Hall–Kier alpha value is -3.41. The maximum Gasteiger partial charge on any atom is 0.338 e. The van der Waals surface area contributed by atoms with E-state index in [-0.39, 0.29) is 11.7 Å². The lowest BCUT2D eigenvalue weighted by molar-refractivity contribution is 0.0526. The molecule has 3 rings (SSSR count). The summed E-state index contributed by atoms with van der Waals surface area (Å²) in [6, 6.07) is 13.7. The Labute approximate surface area is 150 Å². The molecule has 0 aliphatic carbocycles. The van der Waals surface area contributed by atoms with Crippen LogP contribution in [0.25, 0.3) is 10.9 Å². The first-order chi connectivity index (χ1) is 12.5. The molecule has 6 nitrogen and oxygen atoms in total. The molecule has 0 aliphatic rings. The van der Waals surface area contributed by atoms with Gasteiger partial charge in [0.05, 0.1) is 29.6 Å². The summed E-state index contributed by atoms with van der Waals surface area (Å²) in [4.78, 5) is 28.2. The van der Waals surface area contributed by atoms with E-state index in [1.165, 1.54) is 17.7 Å². The number of ether oxygens (including phenoxy) is 1. The topological polar surface area (TPSA) is 80.9 Å². The predicted molar refractivity (Wildman–Crippen MR) is 99.6 cm³/mol. The van der Waals surface area contributed by atoms with Gasteiger partial charge >= 0.3 is 5.97 Å². The van der Waals surface area contributed by atoms with Gasteiger partial charge in [-0.3, -0.25) is 14.4 Å². The molecule has 0 amide bonds. The first kappa shape index (κ1) is 17.4. The van der Waals surface area contributed by atoms with E-state index in [0.29, 0.717) is 34.5 Å². The van der Waals surface area contributed by atoms with Gasteiger partial charge in [-0.1, -0.05) is 18.2 Å². The van der Waals surface area contributed by atoms with Crippen molar-refractivity contribution in [3.63, 3.8) is 0 Å². The number of hydrogen-bond donors (Lipinski definition) is 1. The molecule has 1 N–H and O–H groups in total. The minimum Gasteiger partial charge on any atom is -0.505 e. The highest BCUT2D eigenvalue weighted by Crippen LogP contribution is 2.31. The number of aromatic nitrogens is 1. The van der Waals surface area contributed by atoms with Crippen LogP contribution in [0.2, 0.25) is 0 Å². The zero-order valence-electron chi connectivity index (χ0n) is 14.5. The van der Waals surface area contributed by atoms with Gasteiger partial charge in [-0.05, 0) is 37.3 Å². The molecule has 132 valence electrons. The summed E-state index contributed by atoms with van der Waals surface area (Å²) in [5.74, 6) is -0.672. The fourth-order valence-electron chi connectivity index (χ4n) is 2.76. The summed E-state index contributed by atoms with van der Waals surface area (Å²) in [6.45, 7) is 3.45. The van der Waals surface area contributed by atoms with E-state index in [1.54, 1.807) is 55.5 Å².